The lowest BCUT2D eigenvalue weighted by Crippen LogP contribution is -2.36. The SMILES string of the molecule is O=C(O)CC1CCCN(c2ccc(C(F)(F)F)cn2)C1. The number of nitrogens with zero attached hydrogens (tertiary/aromatic N) is 2. The Kier molecular flexibility index (Phi) is 4.15. The lowest BCUT2D eigenvalue weighted by molar-refractivity contribution is -0.139. The molecule has 1 aromatic rings. The number of rotatable bonds is 3. The minimum Gasteiger partial charge on any atom is -0.481 e. The van der Waals surface area contributed by atoms with E-state index in [1.54, 1.807) is 0 Å². The van der Waals surface area contributed by atoms with Gasteiger partial charge in [0.15, 0.2) is 0 Å². The van der Waals surface area contributed by atoms with Crippen LogP contribution in [0, 0.1) is 5.92 Å². The molecule has 1 aliphatic heterocycles. The van der Waals surface area contributed by atoms with Gasteiger partial charge in [-0.15, -0.1) is 0 Å². The zero-order chi connectivity index (χ0) is 14.8. The van der Waals surface area contributed by atoms with Crippen molar-refractivity contribution >= 4 is 11.8 Å². The molecule has 1 fully saturated rings. The molecule has 1 aliphatic rings. The zero-order valence-electron chi connectivity index (χ0n) is 10.7. The van der Waals surface area contributed by atoms with Crippen LogP contribution in [0.5, 0.6) is 0 Å². The first kappa shape index (κ1) is 14.6. The normalized spacial score (nSPS) is 19.9. The van der Waals surface area contributed by atoms with Crippen molar-refractivity contribution in [2.45, 2.75) is 25.4 Å². The Bertz CT molecular complexity index is 473. The minimum atomic E-state index is -4.39. The van der Waals surface area contributed by atoms with Crippen LogP contribution < -0.4 is 4.90 Å². The molecule has 110 valence electrons. The molecule has 1 saturated heterocycles. The van der Waals surface area contributed by atoms with Crippen LogP contribution in [-0.2, 0) is 11.0 Å². The van der Waals surface area contributed by atoms with Crippen LogP contribution in [0.2, 0.25) is 0 Å². The second-order valence-electron chi connectivity index (χ2n) is 4.95. The van der Waals surface area contributed by atoms with E-state index in [9.17, 15) is 18.0 Å². The molecule has 2 heterocycles. The van der Waals surface area contributed by atoms with Crippen LogP contribution in [0.1, 0.15) is 24.8 Å². The number of aliphatic carboxylic acids is 1. The fourth-order valence-electron chi connectivity index (χ4n) is 2.43. The van der Waals surface area contributed by atoms with Crippen LogP contribution in [0.3, 0.4) is 0 Å². The first-order chi connectivity index (χ1) is 9.36. The van der Waals surface area contributed by atoms with Gasteiger partial charge in [-0.25, -0.2) is 4.98 Å². The fourth-order valence-corrected chi connectivity index (χ4v) is 2.43. The molecule has 4 nitrogen and oxygen atoms in total. The molecule has 0 aromatic carbocycles. The van der Waals surface area contributed by atoms with Gasteiger partial charge in [-0.2, -0.15) is 13.2 Å². The Labute approximate surface area is 114 Å². The van der Waals surface area contributed by atoms with Crippen LogP contribution in [-0.4, -0.2) is 29.1 Å². The van der Waals surface area contributed by atoms with E-state index in [2.05, 4.69) is 4.98 Å². The van der Waals surface area contributed by atoms with Crippen molar-refractivity contribution < 1.29 is 23.1 Å². The number of halogens is 3. The first-order valence-electron chi connectivity index (χ1n) is 6.36. The Morgan fingerprint density at radius 2 is 2.20 bits per heavy atom. The number of aromatic nitrogens is 1. The maximum Gasteiger partial charge on any atom is 0.417 e. The van der Waals surface area contributed by atoms with E-state index in [-0.39, 0.29) is 12.3 Å². The highest BCUT2D eigenvalue weighted by Crippen LogP contribution is 2.30. The van der Waals surface area contributed by atoms with Gasteiger partial charge < -0.3 is 10.0 Å². The number of anilines is 1. The number of carboxylic acids is 1. The van der Waals surface area contributed by atoms with Crippen molar-refractivity contribution in [1.29, 1.82) is 0 Å². The summed E-state index contributed by atoms with van der Waals surface area (Å²) in [6.45, 7) is 1.21. The van der Waals surface area contributed by atoms with Crippen LogP contribution in [0.15, 0.2) is 18.3 Å². The van der Waals surface area contributed by atoms with E-state index in [1.165, 1.54) is 6.07 Å². The lowest BCUT2D eigenvalue weighted by atomic mass is 9.95. The molecule has 7 heteroatoms. The van der Waals surface area contributed by atoms with Crippen LogP contribution in [0.25, 0.3) is 0 Å². The highest BCUT2D eigenvalue weighted by molar-refractivity contribution is 5.67. The molecule has 0 saturated carbocycles. The van der Waals surface area contributed by atoms with Gasteiger partial charge in [0.2, 0.25) is 0 Å². The highest BCUT2D eigenvalue weighted by atomic mass is 19.4. The maximum atomic E-state index is 12.4. The van der Waals surface area contributed by atoms with E-state index in [1.807, 2.05) is 4.90 Å². The van der Waals surface area contributed by atoms with E-state index in [0.29, 0.717) is 18.9 Å². The summed E-state index contributed by atoms with van der Waals surface area (Å²) in [7, 11) is 0. The van der Waals surface area contributed by atoms with Gasteiger partial charge in [0.25, 0.3) is 0 Å². The predicted molar refractivity (Wildman–Crippen MR) is 66.4 cm³/mol. The first-order valence-corrected chi connectivity index (χ1v) is 6.36. The number of hydrogen-bond acceptors (Lipinski definition) is 3. The zero-order valence-corrected chi connectivity index (χ0v) is 10.7. The molecule has 1 aromatic heterocycles. The minimum absolute atomic E-state index is 0.0188. The summed E-state index contributed by atoms with van der Waals surface area (Å²) in [6, 6.07) is 2.34. The molecule has 20 heavy (non-hydrogen) atoms. The molecule has 0 aliphatic carbocycles. The molecule has 1 unspecified atom stereocenters. The van der Waals surface area contributed by atoms with Gasteiger partial charge in [0, 0.05) is 25.7 Å². The Morgan fingerprint density at radius 1 is 1.45 bits per heavy atom. The van der Waals surface area contributed by atoms with Crippen molar-refractivity contribution in [2.75, 3.05) is 18.0 Å². The molecule has 0 bridgehead atoms. The molecule has 1 N–H and O–H groups in total. The van der Waals surface area contributed by atoms with Gasteiger partial charge in [0.1, 0.15) is 5.82 Å². The lowest BCUT2D eigenvalue weighted by Gasteiger charge is -2.33. The summed E-state index contributed by atoms with van der Waals surface area (Å²) in [6.07, 6.45) is -1.85. The van der Waals surface area contributed by atoms with E-state index in [0.717, 1.165) is 25.1 Å². The van der Waals surface area contributed by atoms with Crippen LogP contribution in [0.4, 0.5) is 19.0 Å². The number of alkyl halides is 3. The topological polar surface area (TPSA) is 53.4 Å². The van der Waals surface area contributed by atoms with E-state index in [4.69, 9.17) is 5.11 Å². The quantitative estimate of drug-likeness (QED) is 0.929. The molecule has 1 atom stereocenters. The predicted octanol–water partition coefficient (Wildman–Crippen LogP) is 2.79. The van der Waals surface area contributed by atoms with Crippen molar-refractivity contribution in [3.05, 3.63) is 23.9 Å². The van der Waals surface area contributed by atoms with Crippen molar-refractivity contribution in [2.24, 2.45) is 5.92 Å². The third-order valence-electron chi connectivity index (χ3n) is 3.38. The molecular formula is C13H15F3N2O2. The summed E-state index contributed by atoms with van der Waals surface area (Å²) in [4.78, 5) is 16.4. The Balaban J connectivity index is 2.05. The van der Waals surface area contributed by atoms with Gasteiger partial charge in [-0.05, 0) is 30.9 Å². The molecule has 0 radical (unpaired) electrons. The smallest absolute Gasteiger partial charge is 0.417 e. The third kappa shape index (κ3) is 3.61. The Hall–Kier alpha value is -1.79. The van der Waals surface area contributed by atoms with Crippen molar-refractivity contribution in [1.82, 2.24) is 4.98 Å². The fraction of sp³-hybridized carbons (Fsp3) is 0.538. The Morgan fingerprint density at radius 3 is 2.75 bits per heavy atom. The molecule has 2 rings (SSSR count). The highest BCUT2D eigenvalue weighted by Gasteiger charge is 2.31. The molecular weight excluding hydrogens is 273 g/mol. The van der Waals surface area contributed by atoms with Gasteiger partial charge >= 0.3 is 12.1 Å². The van der Waals surface area contributed by atoms with E-state index >= 15 is 0 Å². The monoisotopic (exact) mass is 288 g/mol. The largest absolute Gasteiger partial charge is 0.481 e. The van der Waals surface area contributed by atoms with Crippen molar-refractivity contribution in [3.8, 4) is 0 Å². The summed E-state index contributed by atoms with van der Waals surface area (Å²) in [5.41, 5.74) is -0.777. The van der Waals surface area contributed by atoms with Crippen molar-refractivity contribution in [3.63, 3.8) is 0 Å². The summed E-state index contributed by atoms with van der Waals surface area (Å²) >= 11 is 0. The second kappa shape index (κ2) is 5.68. The average Bonchev–Trinajstić information content (AvgIpc) is 2.37. The third-order valence-corrected chi connectivity index (χ3v) is 3.38. The van der Waals surface area contributed by atoms with Crippen LogP contribution >= 0.6 is 0 Å². The van der Waals surface area contributed by atoms with Gasteiger partial charge in [0.05, 0.1) is 5.56 Å². The molecule has 0 amide bonds. The maximum absolute atomic E-state index is 12.4. The summed E-state index contributed by atoms with van der Waals surface area (Å²) in [5.74, 6) is -0.365. The molecule has 0 spiro atoms. The van der Waals surface area contributed by atoms with Gasteiger partial charge in [-0.3, -0.25) is 4.79 Å². The van der Waals surface area contributed by atoms with Gasteiger partial charge in [-0.1, -0.05) is 0 Å². The van der Waals surface area contributed by atoms with E-state index < -0.39 is 17.7 Å². The number of piperidine rings is 1. The second-order valence-corrected chi connectivity index (χ2v) is 4.95. The standard InChI is InChI=1S/C13H15F3N2O2/c14-13(15,16)10-3-4-11(17-7-10)18-5-1-2-9(8-18)6-12(19)20/h3-4,7,9H,1-2,5-6,8H2,(H,19,20). The number of pyridine rings is 1. The number of carbonyl (C=O) groups is 1. The number of carboxylic acid groups (broad SMARTS) is 1. The summed E-state index contributed by atoms with van der Waals surface area (Å²) in [5, 5.41) is 8.79. The number of hydrogen-bond donors (Lipinski definition) is 1. The summed E-state index contributed by atoms with van der Waals surface area (Å²) < 4.78 is 37.3. The average molecular weight is 288 g/mol.